The summed E-state index contributed by atoms with van der Waals surface area (Å²) in [6.45, 7) is 0.136. The number of rotatable bonds is 1. The van der Waals surface area contributed by atoms with Crippen molar-refractivity contribution in [2.75, 3.05) is 6.61 Å². The van der Waals surface area contributed by atoms with Crippen molar-refractivity contribution in [2.45, 2.75) is 31.5 Å². The molecule has 0 radical (unpaired) electrons. The summed E-state index contributed by atoms with van der Waals surface area (Å²) in [5, 5.41) is 20.5. The lowest BCUT2D eigenvalue weighted by molar-refractivity contribution is 0.0673. The minimum absolute atomic E-state index is 0.119. The monoisotopic (exact) mass is 131 g/mol. The normalized spacial score (nSPS) is 36.7. The molecule has 0 amide bonds. The van der Waals surface area contributed by atoms with Crippen LogP contribution in [0.2, 0.25) is 0 Å². The molecule has 3 heteroatoms. The minimum Gasteiger partial charge on any atom is -0.395 e. The number of aliphatic hydroxyl groups excluding tert-OH is 2. The highest BCUT2D eigenvalue weighted by Crippen LogP contribution is 2.09. The lowest BCUT2D eigenvalue weighted by Gasteiger charge is -2.25. The largest absolute Gasteiger partial charge is 0.395 e. The summed E-state index contributed by atoms with van der Waals surface area (Å²) in [4.78, 5) is 0. The van der Waals surface area contributed by atoms with E-state index in [4.69, 9.17) is 10.2 Å². The quantitative estimate of drug-likeness (QED) is 0.447. The Labute approximate surface area is 54.7 Å². The predicted molar refractivity (Wildman–Crippen MR) is 33.9 cm³/mol. The Bertz CT molecular complexity index is 87.1. The zero-order valence-corrected chi connectivity index (χ0v) is 5.38. The molecule has 3 N–H and O–H groups in total. The van der Waals surface area contributed by atoms with Gasteiger partial charge in [0.1, 0.15) is 6.23 Å². The first-order chi connectivity index (χ1) is 4.33. The molecule has 2 unspecified atom stereocenters. The second-order valence-electron chi connectivity index (χ2n) is 2.49. The SMILES string of the molecule is OCC1CCCC(O)N1. The van der Waals surface area contributed by atoms with Crippen LogP contribution in [0.15, 0.2) is 0 Å². The van der Waals surface area contributed by atoms with Crippen molar-refractivity contribution in [1.29, 1.82) is 0 Å². The maximum absolute atomic E-state index is 8.99. The molecule has 9 heavy (non-hydrogen) atoms. The van der Waals surface area contributed by atoms with E-state index >= 15 is 0 Å². The van der Waals surface area contributed by atoms with Crippen LogP contribution in [0.25, 0.3) is 0 Å². The maximum Gasteiger partial charge on any atom is 0.105 e. The molecular weight excluding hydrogens is 118 g/mol. The van der Waals surface area contributed by atoms with Gasteiger partial charge < -0.3 is 10.2 Å². The second-order valence-corrected chi connectivity index (χ2v) is 2.49. The molecule has 0 spiro atoms. The van der Waals surface area contributed by atoms with E-state index in [-0.39, 0.29) is 12.6 Å². The highest BCUT2D eigenvalue weighted by Gasteiger charge is 2.16. The van der Waals surface area contributed by atoms with E-state index in [0.29, 0.717) is 0 Å². The number of nitrogens with one attached hydrogen (secondary N) is 1. The van der Waals surface area contributed by atoms with Crippen molar-refractivity contribution in [3.8, 4) is 0 Å². The summed E-state index contributed by atoms with van der Waals surface area (Å²) in [7, 11) is 0. The molecule has 1 heterocycles. The van der Waals surface area contributed by atoms with E-state index in [1.54, 1.807) is 0 Å². The van der Waals surface area contributed by atoms with Gasteiger partial charge in [-0.15, -0.1) is 0 Å². The molecule has 0 aliphatic carbocycles. The Hall–Kier alpha value is -0.120. The summed E-state index contributed by atoms with van der Waals surface area (Å²) in [5.41, 5.74) is 0. The third-order valence-corrected chi connectivity index (χ3v) is 1.68. The van der Waals surface area contributed by atoms with Crippen molar-refractivity contribution in [3.63, 3.8) is 0 Å². The number of hydrogen-bond donors (Lipinski definition) is 3. The molecule has 0 saturated carbocycles. The molecule has 3 nitrogen and oxygen atoms in total. The summed E-state index contributed by atoms with van der Waals surface area (Å²) >= 11 is 0. The van der Waals surface area contributed by atoms with Crippen LogP contribution < -0.4 is 5.32 Å². The minimum atomic E-state index is -0.393. The third-order valence-electron chi connectivity index (χ3n) is 1.68. The first kappa shape index (κ1) is 6.99. The molecule has 1 fully saturated rings. The van der Waals surface area contributed by atoms with Crippen molar-refractivity contribution in [1.82, 2.24) is 5.32 Å². The Morgan fingerprint density at radius 2 is 2.22 bits per heavy atom. The Morgan fingerprint density at radius 1 is 1.44 bits per heavy atom. The van der Waals surface area contributed by atoms with Crippen molar-refractivity contribution in [2.24, 2.45) is 0 Å². The van der Waals surface area contributed by atoms with Gasteiger partial charge in [0, 0.05) is 6.04 Å². The number of aliphatic hydroxyl groups is 2. The van der Waals surface area contributed by atoms with E-state index in [2.05, 4.69) is 5.32 Å². The summed E-state index contributed by atoms with van der Waals surface area (Å²) < 4.78 is 0. The fraction of sp³-hybridized carbons (Fsp3) is 1.00. The van der Waals surface area contributed by atoms with Crippen LogP contribution in [0.4, 0.5) is 0 Å². The van der Waals surface area contributed by atoms with E-state index in [9.17, 15) is 0 Å². The van der Waals surface area contributed by atoms with Crippen LogP contribution >= 0.6 is 0 Å². The van der Waals surface area contributed by atoms with Crippen LogP contribution in [-0.4, -0.2) is 29.1 Å². The molecule has 1 aliphatic rings. The lowest BCUT2D eigenvalue weighted by Crippen LogP contribution is -2.43. The fourth-order valence-electron chi connectivity index (χ4n) is 1.14. The van der Waals surface area contributed by atoms with Crippen LogP contribution in [0.5, 0.6) is 0 Å². The van der Waals surface area contributed by atoms with Crippen LogP contribution in [0.1, 0.15) is 19.3 Å². The smallest absolute Gasteiger partial charge is 0.105 e. The first-order valence-electron chi connectivity index (χ1n) is 3.38. The van der Waals surface area contributed by atoms with Gasteiger partial charge in [-0.25, -0.2) is 0 Å². The van der Waals surface area contributed by atoms with E-state index in [0.717, 1.165) is 19.3 Å². The van der Waals surface area contributed by atoms with Gasteiger partial charge in [0.05, 0.1) is 6.61 Å². The zero-order chi connectivity index (χ0) is 6.69. The number of piperidine rings is 1. The van der Waals surface area contributed by atoms with Crippen molar-refractivity contribution in [3.05, 3.63) is 0 Å². The highest BCUT2D eigenvalue weighted by atomic mass is 16.3. The first-order valence-corrected chi connectivity index (χ1v) is 3.38. The third kappa shape index (κ3) is 1.93. The van der Waals surface area contributed by atoms with Gasteiger partial charge in [-0.1, -0.05) is 0 Å². The highest BCUT2D eigenvalue weighted by molar-refractivity contribution is 4.73. The number of hydrogen-bond acceptors (Lipinski definition) is 3. The van der Waals surface area contributed by atoms with Gasteiger partial charge in [0.15, 0.2) is 0 Å². The van der Waals surface area contributed by atoms with Crippen LogP contribution in [0.3, 0.4) is 0 Å². The van der Waals surface area contributed by atoms with Crippen LogP contribution in [-0.2, 0) is 0 Å². The molecule has 1 rings (SSSR count). The average molecular weight is 131 g/mol. The molecule has 0 aromatic heterocycles. The van der Waals surface area contributed by atoms with Gasteiger partial charge in [0.25, 0.3) is 0 Å². The molecular formula is C6H13NO2. The average Bonchev–Trinajstić information content (AvgIpc) is 1.88. The molecule has 54 valence electrons. The lowest BCUT2D eigenvalue weighted by atomic mass is 10.0. The van der Waals surface area contributed by atoms with Crippen molar-refractivity contribution < 1.29 is 10.2 Å². The molecule has 0 aromatic rings. The fourth-order valence-corrected chi connectivity index (χ4v) is 1.14. The van der Waals surface area contributed by atoms with E-state index in [1.807, 2.05) is 0 Å². The second kappa shape index (κ2) is 3.15. The topological polar surface area (TPSA) is 52.5 Å². The van der Waals surface area contributed by atoms with E-state index < -0.39 is 6.23 Å². The standard InChI is InChI=1S/C6H13NO2/c8-4-5-2-1-3-6(9)7-5/h5-9H,1-4H2. The summed E-state index contributed by atoms with van der Waals surface area (Å²) in [6.07, 6.45) is 2.42. The van der Waals surface area contributed by atoms with Crippen molar-refractivity contribution >= 4 is 0 Å². The molecule has 1 saturated heterocycles. The Morgan fingerprint density at radius 3 is 2.67 bits per heavy atom. The summed E-state index contributed by atoms with van der Waals surface area (Å²) in [5.74, 6) is 0. The zero-order valence-electron chi connectivity index (χ0n) is 5.38. The van der Waals surface area contributed by atoms with Gasteiger partial charge in [-0.05, 0) is 19.3 Å². The maximum atomic E-state index is 8.99. The summed E-state index contributed by atoms with van der Waals surface area (Å²) in [6, 6.07) is 0.119. The van der Waals surface area contributed by atoms with Gasteiger partial charge >= 0.3 is 0 Å². The molecule has 0 aromatic carbocycles. The molecule has 0 bridgehead atoms. The van der Waals surface area contributed by atoms with Gasteiger partial charge in [0.2, 0.25) is 0 Å². The van der Waals surface area contributed by atoms with E-state index in [1.165, 1.54) is 0 Å². The van der Waals surface area contributed by atoms with Crippen LogP contribution in [0, 0.1) is 0 Å². The Balaban J connectivity index is 2.23. The van der Waals surface area contributed by atoms with Gasteiger partial charge in [-0.2, -0.15) is 0 Å². The predicted octanol–water partition coefficient (Wildman–Crippen LogP) is -0.561. The van der Waals surface area contributed by atoms with Gasteiger partial charge in [-0.3, -0.25) is 5.32 Å². The molecule has 2 atom stereocenters. The Kier molecular flexibility index (Phi) is 2.45. The molecule has 1 aliphatic heterocycles.